The number of aromatic nitrogens is 3. The number of amides is 1. The van der Waals surface area contributed by atoms with Crippen molar-refractivity contribution in [1.82, 2.24) is 19.9 Å². The van der Waals surface area contributed by atoms with Gasteiger partial charge in [-0.1, -0.05) is 5.21 Å². The molecule has 0 saturated carbocycles. The largest absolute Gasteiger partial charge is 0.459 e. The molecule has 0 aliphatic carbocycles. The molecule has 14 heteroatoms. The van der Waals surface area contributed by atoms with Crippen molar-refractivity contribution >= 4 is 33.2 Å². The zero-order valence-corrected chi connectivity index (χ0v) is 18.4. The van der Waals surface area contributed by atoms with Crippen molar-refractivity contribution in [2.75, 3.05) is 0 Å². The molecular weight excluding hydrogens is 458 g/mol. The number of ketones is 1. The zero-order chi connectivity index (χ0) is 24.1. The number of nitro benzene ring substituents is 1. The van der Waals surface area contributed by atoms with Crippen LogP contribution < -0.4 is 0 Å². The van der Waals surface area contributed by atoms with Gasteiger partial charge in [0.05, 0.1) is 24.1 Å². The molecule has 0 bridgehead atoms. The number of Topliss-reactive ketones (excluding diaryl/α,β-unsaturated/α-hetero) is 1. The number of benzene rings is 1. The molecule has 0 spiro atoms. The van der Waals surface area contributed by atoms with E-state index in [1.807, 2.05) is 0 Å². The van der Waals surface area contributed by atoms with Gasteiger partial charge in [-0.05, 0) is 24.6 Å². The fourth-order valence-corrected chi connectivity index (χ4v) is 6.43. The number of hydrogen-bond donors (Lipinski definition) is 0. The van der Waals surface area contributed by atoms with E-state index in [0.717, 1.165) is 9.58 Å². The van der Waals surface area contributed by atoms with Crippen LogP contribution in [0, 0.1) is 10.1 Å². The van der Waals surface area contributed by atoms with Crippen molar-refractivity contribution in [1.29, 1.82) is 0 Å². The number of β-lactam (4-membered cyclic amide) rings is 1. The molecule has 4 rings (SSSR count). The van der Waals surface area contributed by atoms with E-state index in [4.69, 9.17) is 4.74 Å². The maximum atomic E-state index is 13.3. The SMILES string of the molecule is CC(=O)c1cn(C[C@@]2(C)[C@H](C(=O)OCc3ccc([N+](=O)[O-])cc3)N3C(=O)C[C@H]3S2(=O)=O)nn1. The number of non-ortho nitro benzene ring substituents is 1. The standard InChI is InChI=1S/C19H19N5O8S/c1-11(25)14-8-22(21-20-14)10-19(2)17(23-15(26)7-16(23)33(19,30)31)18(27)32-9-12-3-5-13(6-4-12)24(28)29/h3-6,8,16-17H,7,9-10H2,1-2H3/t16-,17+,19+/m1/s1. The van der Waals surface area contributed by atoms with Gasteiger partial charge in [-0.2, -0.15) is 0 Å². The number of nitro groups is 1. The lowest BCUT2D eigenvalue weighted by Crippen LogP contribution is -2.58. The van der Waals surface area contributed by atoms with Gasteiger partial charge in [-0.25, -0.2) is 13.2 Å². The van der Waals surface area contributed by atoms with Crippen molar-refractivity contribution < 1.29 is 32.5 Å². The molecule has 174 valence electrons. The van der Waals surface area contributed by atoms with Crippen LogP contribution in [0.4, 0.5) is 5.69 Å². The third-order valence-electron chi connectivity index (χ3n) is 5.94. The highest BCUT2D eigenvalue weighted by atomic mass is 32.2. The van der Waals surface area contributed by atoms with Gasteiger partial charge in [0.2, 0.25) is 5.91 Å². The van der Waals surface area contributed by atoms with Crippen molar-refractivity contribution in [2.24, 2.45) is 0 Å². The van der Waals surface area contributed by atoms with Gasteiger partial charge >= 0.3 is 5.97 Å². The predicted molar refractivity (Wildman–Crippen MR) is 109 cm³/mol. The Kier molecular flexibility index (Phi) is 5.27. The van der Waals surface area contributed by atoms with Crippen LogP contribution in [0.3, 0.4) is 0 Å². The summed E-state index contributed by atoms with van der Waals surface area (Å²) in [7, 11) is -4.01. The van der Waals surface area contributed by atoms with Gasteiger partial charge in [0.1, 0.15) is 22.4 Å². The van der Waals surface area contributed by atoms with Crippen LogP contribution in [0.25, 0.3) is 0 Å². The molecule has 0 unspecified atom stereocenters. The second-order valence-corrected chi connectivity index (χ2v) is 10.7. The second kappa shape index (κ2) is 7.72. The highest BCUT2D eigenvalue weighted by Crippen LogP contribution is 2.47. The highest BCUT2D eigenvalue weighted by Gasteiger charge is 2.70. The molecule has 2 fully saturated rings. The summed E-state index contributed by atoms with van der Waals surface area (Å²) in [6.45, 7) is 2.02. The Balaban J connectivity index is 1.60. The highest BCUT2D eigenvalue weighted by molar-refractivity contribution is 7.93. The lowest BCUT2D eigenvalue weighted by molar-refractivity contribution is -0.384. The first-order valence-electron chi connectivity index (χ1n) is 9.81. The summed E-state index contributed by atoms with van der Waals surface area (Å²) >= 11 is 0. The van der Waals surface area contributed by atoms with E-state index in [1.165, 1.54) is 44.3 Å². The second-order valence-electron chi connectivity index (χ2n) is 8.11. The normalized spacial score (nSPS) is 25.3. The molecule has 2 aromatic rings. The van der Waals surface area contributed by atoms with Crippen LogP contribution in [0.15, 0.2) is 30.5 Å². The quantitative estimate of drug-likeness (QED) is 0.177. The average molecular weight is 477 g/mol. The maximum Gasteiger partial charge on any atom is 0.330 e. The fraction of sp³-hybridized carbons (Fsp3) is 0.421. The predicted octanol–water partition coefficient (Wildman–Crippen LogP) is 0.246. The Morgan fingerprint density at radius 2 is 1.97 bits per heavy atom. The molecule has 3 heterocycles. The summed E-state index contributed by atoms with van der Waals surface area (Å²) in [4.78, 5) is 48.0. The lowest BCUT2D eigenvalue weighted by atomic mass is 9.96. The van der Waals surface area contributed by atoms with Crippen LogP contribution in [0.5, 0.6) is 0 Å². The number of nitrogens with zero attached hydrogens (tertiary/aromatic N) is 5. The number of hydrogen-bond acceptors (Lipinski definition) is 10. The van der Waals surface area contributed by atoms with Crippen LogP contribution in [0.1, 0.15) is 36.3 Å². The van der Waals surface area contributed by atoms with Gasteiger partial charge in [0.15, 0.2) is 21.7 Å². The maximum absolute atomic E-state index is 13.3. The molecule has 2 aliphatic heterocycles. The molecule has 1 aromatic heterocycles. The Bertz CT molecular complexity index is 1270. The first-order chi connectivity index (χ1) is 15.5. The van der Waals surface area contributed by atoms with Gasteiger partial charge in [0.25, 0.3) is 5.69 Å². The Morgan fingerprint density at radius 3 is 2.52 bits per heavy atom. The van der Waals surface area contributed by atoms with E-state index < -0.39 is 42.8 Å². The van der Waals surface area contributed by atoms with Crippen molar-refractivity contribution in [2.45, 2.75) is 49.6 Å². The van der Waals surface area contributed by atoms with E-state index >= 15 is 0 Å². The number of rotatable bonds is 7. The number of ether oxygens (including phenoxy) is 1. The van der Waals surface area contributed by atoms with E-state index in [0.29, 0.717) is 5.56 Å². The molecule has 1 amide bonds. The van der Waals surface area contributed by atoms with Gasteiger partial charge < -0.3 is 9.64 Å². The topological polar surface area (TPSA) is 172 Å². The number of carbonyl (C=O) groups excluding carboxylic acids is 3. The molecule has 0 N–H and O–H groups in total. The first kappa shape index (κ1) is 22.5. The summed E-state index contributed by atoms with van der Waals surface area (Å²) in [5, 5.41) is 17.1. The van der Waals surface area contributed by atoms with Gasteiger partial charge in [-0.15, -0.1) is 5.10 Å². The minimum atomic E-state index is -4.01. The van der Waals surface area contributed by atoms with Gasteiger partial charge in [-0.3, -0.25) is 24.4 Å². The lowest BCUT2D eigenvalue weighted by Gasteiger charge is -2.36. The molecule has 0 radical (unpaired) electrons. The number of carbonyl (C=O) groups is 3. The minimum absolute atomic E-state index is 0.0330. The van der Waals surface area contributed by atoms with Crippen LogP contribution in [-0.4, -0.2) is 67.1 Å². The Labute approximate surface area is 187 Å². The molecule has 33 heavy (non-hydrogen) atoms. The first-order valence-corrected chi connectivity index (χ1v) is 11.4. The van der Waals surface area contributed by atoms with Gasteiger partial charge in [0, 0.05) is 19.1 Å². The number of sulfone groups is 1. The summed E-state index contributed by atoms with van der Waals surface area (Å²) < 4.78 is 31.2. The van der Waals surface area contributed by atoms with E-state index in [9.17, 15) is 32.9 Å². The molecule has 1 aromatic carbocycles. The molecule has 3 atom stereocenters. The van der Waals surface area contributed by atoms with Crippen molar-refractivity contribution in [3.05, 3.63) is 51.8 Å². The molecular formula is C19H19N5O8S. The minimum Gasteiger partial charge on any atom is -0.459 e. The Hall–Kier alpha value is -3.68. The average Bonchev–Trinajstić information content (AvgIpc) is 3.26. The van der Waals surface area contributed by atoms with E-state index in [1.54, 1.807) is 0 Å². The monoisotopic (exact) mass is 477 g/mol. The molecule has 2 aliphatic rings. The smallest absolute Gasteiger partial charge is 0.330 e. The summed E-state index contributed by atoms with van der Waals surface area (Å²) in [6, 6.07) is 3.88. The van der Waals surface area contributed by atoms with Crippen LogP contribution in [0.2, 0.25) is 0 Å². The third-order valence-corrected chi connectivity index (χ3v) is 8.70. The molecule has 13 nitrogen and oxygen atoms in total. The Morgan fingerprint density at radius 1 is 1.30 bits per heavy atom. The number of fused-ring (bicyclic) bond motifs is 1. The van der Waals surface area contributed by atoms with Crippen LogP contribution in [-0.2, 0) is 37.3 Å². The summed E-state index contributed by atoms with van der Waals surface area (Å²) in [5.74, 6) is -1.78. The van der Waals surface area contributed by atoms with Crippen molar-refractivity contribution in [3.63, 3.8) is 0 Å². The fourth-order valence-electron chi connectivity index (χ4n) is 4.08. The zero-order valence-electron chi connectivity index (χ0n) is 17.6. The molecule has 2 saturated heterocycles. The van der Waals surface area contributed by atoms with E-state index in [2.05, 4.69) is 10.3 Å². The summed E-state index contributed by atoms with van der Waals surface area (Å²) in [5.41, 5.74) is 0.349. The van der Waals surface area contributed by atoms with Crippen molar-refractivity contribution in [3.8, 4) is 0 Å². The van der Waals surface area contributed by atoms with E-state index in [-0.39, 0.29) is 36.7 Å². The van der Waals surface area contributed by atoms with Crippen LogP contribution >= 0.6 is 0 Å². The number of esters is 1. The third kappa shape index (κ3) is 3.55. The summed E-state index contributed by atoms with van der Waals surface area (Å²) in [6.07, 6.45) is 1.04.